The van der Waals surface area contributed by atoms with Crippen LogP contribution in [0.3, 0.4) is 0 Å². The van der Waals surface area contributed by atoms with Crippen molar-refractivity contribution < 1.29 is 14.6 Å². The third kappa shape index (κ3) is 4.72. The predicted molar refractivity (Wildman–Crippen MR) is 70.8 cm³/mol. The minimum Gasteiger partial charge on any atom is -0.391 e. The number of ether oxygens (including phenoxy) is 1. The second-order valence-electron chi connectivity index (χ2n) is 5.01. The van der Waals surface area contributed by atoms with Crippen molar-refractivity contribution in [3.05, 3.63) is 0 Å². The highest BCUT2D eigenvalue weighted by molar-refractivity contribution is 5.85. The number of rotatable bonds is 5. The fourth-order valence-electron chi connectivity index (χ4n) is 2.47. The fraction of sp³-hybridized carbons (Fsp3) is 0.917. The molecule has 0 aromatic carbocycles. The van der Waals surface area contributed by atoms with Gasteiger partial charge in [0.15, 0.2) is 0 Å². The second kappa shape index (κ2) is 7.94. The van der Waals surface area contributed by atoms with E-state index in [1.54, 1.807) is 0 Å². The van der Waals surface area contributed by atoms with Crippen LogP contribution in [0.2, 0.25) is 0 Å². The quantitative estimate of drug-likeness (QED) is 0.665. The van der Waals surface area contributed by atoms with Gasteiger partial charge in [0.05, 0.1) is 12.2 Å². The van der Waals surface area contributed by atoms with Crippen molar-refractivity contribution in [1.29, 1.82) is 0 Å². The van der Waals surface area contributed by atoms with Crippen molar-refractivity contribution in [2.75, 3.05) is 26.2 Å². The number of halogens is 1. The van der Waals surface area contributed by atoms with Gasteiger partial charge >= 0.3 is 0 Å². The van der Waals surface area contributed by atoms with Crippen LogP contribution in [0.5, 0.6) is 0 Å². The summed E-state index contributed by atoms with van der Waals surface area (Å²) < 4.78 is 5.52. The number of β-amino-alcohol motifs (C(OH)–C–C–N with tert-alkyl or cyclic N) is 1. The van der Waals surface area contributed by atoms with Gasteiger partial charge in [0.1, 0.15) is 6.61 Å². The molecule has 2 fully saturated rings. The van der Waals surface area contributed by atoms with Crippen LogP contribution in [0.1, 0.15) is 25.7 Å². The number of aliphatic hydroxyl groups excluding tert-OH is 1. The van der Waals surface area contributed by atoms with E-state index in [4.69, 9.17) is 4.74 Å². The molecule has 3 N–H and O–H groups in total. The van der Waals surface area contributed by atoms with Crippen LogP contribution in [0.15, 0.2) is 0 Å². The lowest BCUT2D eigenvalue weighted by molar-refractivity contribution is -0.127. The molecular weight excluding hydrogens is 256 g/mol. The monoisotopic (exact) mass is 278 g/mol. The van der Waals surface area contributed by atoms with Crippen molar-refractivity contribution in [2.45, 2.75) is 37.9 Å². The molecule has 1 amide bonds. The molecule has 2 unspecified atom stereocenters. The molecule has 0 aromatic rings. The van der Waals surface area contributed by atoms with E-state index in [1.807, 2.05) is 0 Å². The maximum atomic E-state index is 11.5. The molecule has 6 heteroatoms. The summed E-state index contributed by atoms with van der Waals surface area (Å²) >= 11 is 0. The van der Waals surface area contributed by atoms with Crippen molar-refractivity contribution in [3.8, 4) is 0 Å². The van der Waals surface area contributed by atoms with Gasteiger partial charge in [-0.2, -0.15) is 0 Å². The first-order valence-corrected chi connectivity index (χ1v) is 6.53. The highest BCUT2D eigenvalue weighted by Crippen LogP contribution is 2.20. The molecule has 2 rings (SSSR count). The van der Waals surface area contributed by atoms with Crippen LogP contribution >= 0.6 is 12.4 Å². The minimum atomic E-state index is -0.342. The van der Waals surface area contributed by atoms with E-state index in [9.17, 15) is 9.90 Å². The lowest BCUT2D eigenvalue weighted by Crippen LogP contribution is -2.36. The number of hydrogen-bond acceptors (Lipinski definition) is 4. The van der Waals surface area contributed by atoms with Gasteiger partial charge in [0, 0.05) is 25.6 Å². The van der Waals surface area contributed by atoms with Crippen LogP contribution in [0, 0.1) is 5.92 Å². The normalized spacial score (nSPS) is 28.1. The molecule has 5 nitrogen and oxygen atoms in total. The average molecular weight is 279 g/mol. The highest BCUT2D eigenvalue weighted by atomic mass is 35.5. The third-order valence-electron chi connectivity index (χ3n) is 3.62. The maximum absolute atomic E-state index is 11.5. The molecule has 1 heterocycles. The molecule has 0 spiro atoms. The topological polar surface area (TPSA) is 70.6 Å². The number of carbonyl (C=O) groups is 1. The molecule has 0 bridgehead atoms. The maximum Gasteiger partial charge on any atom is 0.246 e. The van der Waals surface area contributed by atoms with Gasteiger partial charge < -0.3 is 20.5 Å². The zero-order valence-electron chi connectivity index (χ0n) is 10.6. The molecule has 2 aliphatic rings. The van der Waals surface area contributed by atoms with E-state index < -0.39 is 0 Å². The van der Waals surface area contributed by atoms with E-state index in [0.717, 1.165) is 19.4 Å². The van der Waals surface area contributed by atoms with Gasteiger partial charge in [-0.1, -0.05) is 12.8 Å². The standard InChI is InChI=1S/C12H22N2O3.ClH/c15-11-7-13-5-9(11)6-14-12(16)8-17-10-3-1-2-4-10;/h9-11,13,15H,1-8H2,(H,14,16);1H. The Labute approximate surface area is 114 Å². The Balaban J connectivity index is 0.00000162. The number of amides is 1. The smallest absolute Gasteiger partial charge is 0.246 e. The zero-order valence-corrected chi connectivity index (χ0v) is 11.4. The Morgan fingerprint density at radius 3 is 2.67 bits per heavy atom. The number of nitrogens with one attached hydrogen (secondary N) is 2. The summed E-state index contributed by atoms with van der Waals surface area (Å²) in [7, 11) is 0. The van der Waals surface area contributed by atoms with Gasteiger partial charge in [0.25, 0.3) is 0 Å². The SMILES string of the molecule is Cl.O=C(COC1CCCC1)NCC1CNCC1O. The van der Waals surface area contributed by atoms with Crippen molar-refractivity contribution >= 4 is 18.3 Å². The lowest BCUT2D eigenvalue weighted by Gasteiger charge is -2.15. The molecular formula is C12H23ClN2O3. The third-order valence-corrected chi connectivity index (χ3v) is 3.62. The van der Waals surface area contributed by atoms with Gasteiger partial charge in [-0.3, -0.25) is 4.79 Å². The average Bonchev–Trinajstić information content (AvgIpc) is 2.95. The van der Waals surface area contributed by atoms with E-state index >= 15 is 0 Å². The Morgan fingerprint density at radius 1 is 1.33 bits per heavy atom. The van der Waals surface area contributed by atoms with E-state index in [2.05, 4.69) is 10.6 Å². The van der Waals surface area contributed by atoms with E-state index in [0.29, 0.717) is 13.1 Å². The summed E-state index contributed by atoms with van der Waals surface area (Å²) in [5.74, 6) is 0.0569. The molecule has 0 aromatic heterocycles. The number of aliphatic hydroxyl groups is 1. The molecule has 106 valence electrons. The summed E-state index contributed by atoms with van der Waals surface area (Å²) in [6, 6.07) is 0. The number of carbonyl (C=O) groups excluding carboxylic acids is 1. The van der Waals surface area contributed by atoms with Crippen molar-refractivity contribution in [1.82, 2.24) is 10.6 Å². The predicted octanol–water partition coefficient (Wildman–Crippen LogP) is 0.0639. The van der Waals surface area contributed by atoms with Crippen LogP contribution < -0.4 is 10.6 Å². The van der Waals surface area contributed by atoms with Crippen LogP contribution in [-0.2, 0) is 9.53 Å². The van der Waals surface area contributed by atoms with Crippen LogP contribution in [0.4, 0.5) is 0 Å². The Hall–Kier alpha value is -0.360. The molecule has 1 aliphatic heterocycles. The first-order valence-electron chi connectivity index (χ1n) is 6.53. The first kappa shape index (κ1) is 15.7. The van der Waals surface area contributed by atoms with Crippen LogP contribution in [0.25, 0.3) is 0 Å². The highest BCUT2D eigenvalue weighted by Gasteiger charge is 2.25. The Bertz CT molecular complexity index is 260. The van der Waals surface area contributed by atoms with Crippen molar-refractivity contribution in [3.63, 3.8) is 0 Å². The summed E-state index contributed by atoms with van der Waals surface area (Å²) in [5, 5.41) is 15.5. The molecule has 1 saturated carbocycles. The molecule has 0 radical (unpaired) electrons. The van der Waals surface area contributed by atoms with E-state index in [-0.39, 0.29) is 43.0 Å². The Kier molecular flexibility index (Phi) is 6.92. The summed E-state index contributed by atoms with van der Waals surface area (Å²) in [4.78, 5) is 11.5. The molecule has 1 saturated heterocycles. The van der Waals surface area contributed by atoms with Gasteiger partial charge in [-0.05, 0) is 12.8 Å². The minimum absolute atomic E-state index is 0. The molecule has 18 heavy (non-hydrogen) atoms. The lowest BCUT2D eigenvalue weighted by atomic mass is 10.1. The number of hydrogen-bond donors (Lipinski definition) is 3. The van der Waals surface area contributed by atoms with E-state index in [1.165, 1.54) is 12.8 Å². The second-order valence-corrected chi connectivity index (χ2v) is 5.01. The van der Waals surface area contributed by atoms with Crippen LogP contribution in [-0.4, -0.2) is 49.5 Å². The first-order chi connectivity index (χ1) is 8.25. The van der Waals surface area contributed by atoms with Crippen molar-refractivity contribution in [2.24, 2.45) is 5.92 Å². The largest absolute Gasteiger partial charge is 0.391 e. The summed E-state index contributed by atoms with van der Waals surface area (Å²) in [6.07, 6.45) is 4.53. The zero-order chi connectivity index (χ0) is 12.1. The fourth-order valence-corrected chi connectivity index (χ4v) is 2.47. The van der Waals surface area contributed by atoms with Gasteiger partial charge in [-0.15, -0.1) is 12.4 Å². The van der Waals surface area contributed by atoms with Gasteiger partial charge in [0.2, 0.25) is 5.91 Å². The summed E-state index contributed by atoms with van der Waals surface area (Å²) in [5.41, 5.74) is 0. The van der Waals surface area contributed by atoms with Gasteiger partial charge in [-0.25, -0.2) is 0 Å². The molecule has 1 aliphatic carbocycles. The summed E-state index contributed by atoms with van der Waals surface area (Å²) in [6.45, 7) is 2.08. The Morgan fingerprint density at radius 2 is 2.06 bits per heavy atom. The molecule has 2 atom stereocenters.